The summed E-state index contributed by atoms with van der Waals surface area (Å²) in [5, 5.41) is 0. The Bertz CT molecular complexity index is 85.7. The van der Waals surface area contributed by atoms with E-state index in [-0.39, 0.29) is 29.6 Å². The zero-order valence-electron chi connectivity index (χ0n) is 6.58. The first-order valence-electron chi connectivity index (χ1n) is 2.51. The van der Waals surface area contributed by atoms with Crippen LogP contribution in [0.15, 0.2) is 0 Å². The van der Waals surface area contributed by atoms with Crippen LogP contribution in [0.2, 0.25) is 19.6 Å². The van der Waals surface area contributed by atoms with E-state index in [1.165, 1.54) is 0 Å². The molecule has 0 saturated heterocycles. The van der Waals surface area contributed by atoms with Gasteiger partial charge in [0.05, 0.1) is 0 Å². The molecule has 0 saturated carbocycles. The van der Waals surface area contributed by atoms with Gasteiger partial charge in [-0.3, -0.25) is 0 Å². The fourth-order valence-electron chi connectivity index (χ4n) is 0.380. The Morgan fingerprint density at radius 1 is 1.10 bits per heavy atom. The maximum atomic E-state index is 11.4. The third-order valence-corrected chi connectivity index (χ3v) is 1.39. The molecule has 0 unspecified atom stereocenters. The van der Waals surface area contributed by atoms with Crippen molar-refractivity contribution in [2.24, 2.45) is 0 Å². The Balaban J connectivity index is 0. The summed E-state index contributed by atoms with van der Waals surface area (Å²) in [6.45, 7) is 4.63. The van der Waals surface area contributed by atoms with Gasteiger partial charge in [0.25, 0.3) is 0 Å². The Hall–Kier alpha value is 0.967. The summed E-state index contributed by atoms with van der Waals surface area (Å²) in [5.41, 5.74) is 0. The molecule has 0 aliphatic carbocycles. The summed E-state index contributed by atoms with van der Waals surface area (Å²) in [5.74, 6) is 0. The summed E-state index contributed by atoms with van der Waals surface area (Å²) in [4.78, 5) is 2.68. The molecule has 56 valence electrons. The Morgan fingerprint density at radius 2 is 1.40 bits per heavy atom. The zero-order chi connectivity index (χ0) is 7.71. The second-order valence-electron chi connectivity index (χ2n) is 2.75. The molecule has 0 rings (SSSR count). The Labute approximate surface area is 81.8 Å². The van der Waals surface area contributed by atoms with E-state index in [4.69, 9.17) is 0 Å². The van der Waals surface area contributed by atoms with Crippen molar-refractivity contribution >= 4 is 8.24 Å². The topological polar surface area (TPSA) is 14.1 Å². The predicted octanol–water partition coefficient (Wildman–Crippen LogP) is -0.281. The van der Waals surface area contributed by atoms with Gasteiger partial charge in [-0.05, 0) is 0 Å². The minimum Gasteiger partial charge on any atom is -0.573 e. The third kappa shape index (κ3) is 11.7. The van der Waals surface area contributed by atoms with Gasteiger partial charge in [-0.25, -0.2) is 0 Å². The van der Waals surface area contributed by atoms with E-state index in [9.17, 15) is 13.2 Å². The Morgan fingerprint density at radius 3 is 1.40 bits per heavy atom. The zero-order valence-corrected chi connectivity index (χ0v) is 9.58. The average Bonchev–Trinajstić information content (AvgIpc) is 1.14. The number of alkyl halides is 3. The molecule has 1 nitrogen and oxygen atoms in total. The second-order valence-corrected chi connectivity index (χ2v) is 7.32. The molecule has 0 aromatic rings. The molecule has 0 aromatic heterocycles. The van der Waals surface area contributed by atoms with E-state index in [1.54, 1.807) is 19.6 Å². The van der Waals surface area contributed by atoms with Crippen LogP contribution >= 0.6 is 0 Å². The second kappa shape index (κ2) is 4.11. The van der Waals surface area contributed by atoms with Crippen LogP contribution in [0, 0.1) is 0 Å². The third-order valence-electron chi connectivity index (χ3n) is 0.462. The van der Waals surface area contributed by atoms with Gasteiger partial charge < -0.3 is 4.98 Å². The molecular weight excluding hydrogens is 170 g/mol. The van der Waals surface area contributed by atoms with Gasteiger partial charge in [0.2, 0.25) is 0 Å². The smallest absolute Gasteiger partial charge is 0.573 e. The van der Waals surface area contributed by atoms with Crippen LogP contribution in [-0.4, -0.2) is 14.5 Å². The molecule has 0 fully saturated rings. The van der Waals surface area contributed by atoms with Crippen molar-refractivity contribution in [3.63, 3.8) is 0 Å². The first-order valence-corrected chi connectivity index (χ1v) is 5.96. The molecular formula is C4H9F3NNaSi. The van der Waals surface area contributed by atoms with Gasteiger partial charge in [0, 0.05) is 0 Å². The van der Waals surface area contributed by atoms with Gasteiger partial charge in [-0.1, -0.05) is 27.9 Å². The number of nitrogens with zero attached hydrogens (tertiary/aromatic N) is 1. The fourth-order valence-corrected chi connectivity index (χ4v) is 1.14. The molecule has 0 aliphatic rings. The molecule has 0 aliphatic heterocycles. The summed E-state index contributed by atoms with van der Waals surface area (Å²) >= 11 is 0. The van der Waals surface area contributed by atoms with Gasteiger partial charge in [-0.2, -0.15) is 13.2 Å². The minimum atomic E-state index is -4.33. The largest absolute Gasteiger partial charge is 1.00 e. The summed E-state index contributed by atoms with van der Waals surface area (Å²) < 4.78 is 34.3. The van der Waals surface area contributed by atoms with Crippen LogP contribution < -0.4 is 29.6 Å². The molecule has 10 heavy (non-hydrogen) atoms. The quantitative estimate of drug-likeness (QED) is 0.388. The van der Waals surface area contributed by atoms with E-state index < -0.39 is 14.5 Å². The van der Waals surface area contributed by atoms with Crippen molar-refractivity contribution in [3.8, 4) is 0 Å². The molecule has 6 heteroatoms. The van der Waals surface area contributed by atoms with Crippen LogP contribution in [0.1, 0.15) is 0 Å². The van der Waals surface area contributed by atoms with Crippen LogP contribution in [0.4, 0.5) is 13.2 Å². The van der Waals surface area contributed by atoms with Gasteiger partial charge >= 0.3 is 35.9 Å². The minimum absolute atomic E-state index is 0. The Kier molecular flexibility index (Phi) is 5.57. The van der Waals surface area contributed by atoms with Crippen molar-refractivity contribution in [2.75, 3.05) is 0 Å². The van der Waals surface area contributed by atoms with Crippen LogP contribution in [0.3, 0.4) is 0 Å². The SMILES string of the molecule is C[Si](C)(C)[N-]C(F)(F)F.[Na+]. The molecule has 0 aromatic carbocycles. The van der Waals surface area contributed by atoms with E-state index in [0.29, 0.717) is 0 Å². The summed E-state index contributed by atoms with van der Waals surface area (Å²) in [6.07, 6.45) is -4.33. The van der Waals surface area contributed by atoms with Crippen molar-refractivity contribution in [2.45, 2.75) is 25.9 Å². The van der Waals surface area contributed by atoms with E-state index in [2.05, 4.69) is 4.98 Å². The van der Waals surface area contributed by atoms with Crippen molar-refractivity contribution in [1.82, 2.24) is 0 Å². The molecule has 0 bridgehead atoms. The van der Waals surface area contributed by atoms with Crippen molar-refractivity contribution < 1.29 is 42.7 Å². The van der Waals surface area contributed by atoms with Gasteiger partial charge in [0.15, 0.2) is 0 Å². The molecule has 0 radical (unpaired) electrons. The number of rotatable bonds is 1. The maximum Gasteiger partial charge on any atom is 1.00 e. The maximum absolute atomic E-state index is 11.4. The predicted molar refractivity (Wildman–Crippen MR) is 32.8 cm³/mol. The average molecular weight is 179 g/mol. The first kappa shape index (κ1) is 13.5. The standard InChI is InChI=1S/C4H9F3NSi.Na/c1-9(2,3)8-4(5,6)7;/h1-3H3;/q-1;+1. The van der Waals surface area contributed by atoms with Gasteiger partial charge in [-0.15, -0.1) is 0 Å². The number of hydrogen-bond donors (Lipinski definition) is 0. The molecule has 0 heterocycles. The molecule has 0 amide bonds. The normalized spacial score (nSPS) is 12.6. The summed E-state index contributed by atoms with van der Waals surface area (Å²) in [7, 11) is -2.29. The van der Waals surface area contributed by atoms with Crippen molar-refractivity contribution in [1.29, 1.82) is 0 Å². The molecule has 0 N–H and O–H groups in total. The van der Waals surface area contributed by atoms with Crippen LogP contribution in [-0.2, 0) is 0 Å². The molecule has 0 atom stereocenters. The van der Waals surface area contributed by atoms with E-state index >= 15 is 0 Å². The first-order chi connectivity index (χ1) is 3.71. The summed E-state index contributed by atoms with van der Waals surface area (Å²) in [6, 6.07) is 0. The van der Waals surface area contributed by atoms with Crippen LogP contribution in [0.25, 0.3) is 4.98 Å². The van der Waals surface area contributed by atoms with Gasteiger partial charge in [0.1, 0.15) is 0 Å². The number of halogens is 3. The van der Waals surface area contributed by atoms with E-state index in [1.807, 2.05) is 0 Å². The monoisotopic (exact) mass is 179 g/mol. The van der Waals surface area contributed by atoms with E-state index in [0.717, 1.165) is 0 Å². The van der Waals surface area contributed by atoms with Crippen LogP contribution in [0.5, 0.6) is 0 Å². The fraction of sp³-hybridized carbons (Fsp3) is 1.00. The molecule has 0 spiro atoms. The number of hydrogen-bond acceptors (Lipinski definition) is 0. The van der Waals surface area contributed by atoms with Crippen molar-refractivity contribution in [3.05, 3.63) is 4.98 Å².